The SMILES string of the molecule is CC(C)CC(N)c1ccnc(OCCC(F)(F)F)c1. The summed E-state index contributed by atoms with van der Waals surface area (Å²) in [6, 6.07) is 3.19. The molecule has 0 spiro atoms. The minimum absolute atomic E-state index is 0.159. The topological polar surface area (TPSA) is 48.1 Å². The fourth-order valence-electron chi connectivity index (χ4n) is 1.65. The summed E-state index contributed by atoms with van der Waals surface area (Å²) in [4.78, 5) is 3.88. The van der Waals surface area contributed by atoms with Gasteiger partial charge in [-0.25, -0.2) is 4.98 Å². The first-order valence-electron chi connectivity index (χ1n) is 6.19. The number of halogens is 3. The molecular formula is C13H19F3N2O. The first-order valence-corrected chi connectivity index (χ1v) is 6.19. The minimum Gasteiger partial charge on any atom is -0.477 e. The lowest BCUT2D eigenvalue weighted by Gasteiger charge is -2.15. The molecule has 1 atom stereocenters. The highest BCUT2D eigenvalue weighted by Gasteiger charge is 2.26. The highest BCUT2D eigenvalue weighted by molar-refractivity contribution is 5.23. The van der Waals surface area contributed by atoms with E-state index in [4.69, 9.17) is 10.5 Å². The molecule has 0 radical (unpaired) electrons. The lowest BCUT2D eigenvalue weighted by molar-refractivity contribution is -0.139. The van der Waals surface area contributed by atoms with Gasteiger partial charge in [-0.15, -0.1) is 0 Å². The maximum atomic E-state index is 12.0. The predicted octanol–water partition coefficient (Wildman–Crippen LogP) is 3.46. The Morgan fingerprint density at radius 1 is 1.37 bits per heavy atom. The first-order chi connectivity index (χ1) is 8.78. The molecule has 0 saturated carbocycles. The van der Waals surface area contributed by atoms with Gasteiger partial charge in [0.1, 0.15) is 0 Å². The summed E-state index contributed by atoms with van der Waals surface area (Å²) < 4.78 is 41.0. The molecule has 0 aliphatic rings. The van der Waals surface area contributed by atoms with E-state index in [9.17, 15) is 13.2 Å². The Labute approximate surface area is 111 Å². The molecule has 19 heavy (non-hydrogen) atoms. The Kier molecular flexibility index (Phi) is 5.60. The normalized spacial score (nSPS) is 13.6. The lowest BCUT2D eigenvalue weighted by atomic mass is 9.99. The van der Waals surface area contributed by atoms with Crippen LogP contribution in [0.15, 0.2) is 18.3 Å². The van der Waals surface area contributed by atoms with Crippen LogP contribution in [0.1, 0.15) is 38.3 Å². The third-order valence-electron chi connectivity index (χ3n) is 2.55. The van der Waals surface area contributed by atoms with Gasteiger partial charge in [0.25, 0.3) is 0 Å². The van der Waals surface area contributed by atoms with Crippen molar-refractivity contribution in [1.82, 2.24) is 4.98 Å². The van der Waals surface area contributed by atoms with E-state index in [-0.39, 0.29) is 11.9 Å². The van der Waals surface area contributed by atoms with E-state index in [1.165, 1.54) is 6.20 Å². The Bertz CT molecular complexity index is 394. The molecule has 0 bridgehead atoms. The number of nitrogens with two attached hydrogens (primary N) is 1. The van der Waals surface area contributed by atoms with Crippen LogP contribution in [0.2, 0.25) is 0 Å². The van der Waals surface area contributed by atoms with Crippen LogP contribution in [0.3, 0.4) is 0 Å². The fourth-order valence-corrected chi connectivity index (χ4v) is 1.65. The van der Waals surface area contributed by atoms with Gasteiger partial charge in [0.2, 0.25) is 5.88 Å². The van der Waals surface area contributed by atoms with E-state index < -0.39 is 19.2 Å². The molecule has 0 aromatic carbocycles. The number of ether oxygens (including phenoxy) is 1. The summed E-state index contributed by atoms with van der Waals surface area (Å²) in [5.41, 5.74) is 6.82. The van der Waals surface area contributed by atoms with Gasteiger partial charge in [-0.1, -0.05) is 13.8 Å². The van der Waals surface area contributed by atoms with Crippen LogP contribution in [0.25, 0.3) is 0 Å². The molecule has 1 unspecified atom stereocenters. The minimum atomic E-state index is -4.22. The highest BCUT2D eigenvalue weighted by Crippen LogP contribution is 2.22. The fraction of sp³-hybridized carbons (Fsp3) is 0.615. The number of nitrogens with zero attached hydrogens (tertiary/aromatic N) is 1. The van der Waals surface area contributed by atoms with Gasteiger partial charge in [0.15, 0.2) is 0 Å². The number of rotatable bonds is 6. The van der Waals surface area contributed by atoms with Crippen molar-refractivity contribution in [2.45, 2.75) is 38.9 Å². The largest absolute Gasteiger partial charge is 0.477 e. The second-order valence-corrected chi connectivity index (χ2v) is 4.88. The van der Waals surface area contributed by atoms with Gasteiger partial charge in [0, 0.05) is 18.3 Å². The number of alkyl halides is 3. The standard InChI is InChI=1S/C13H19F3N2O/c1-9(2)7-11(17)10-3-5-18-12(8-10)19-6-4-13(14,15)16/h3,5,8-9,11H,4,6-7,17H2,1-2H3. The van der Waals surface area contributed by atoms with Crippen LogP contribution >= 0.6 is 0 Å². The van der Waals surface area contributed by atoms with Crippen molar-refractivity contribution in [2.24, 2.45) is 11.7 Å². The van der Waals surface area contributed by atoms with Crippen LogP contribution in [-0.2, 0) is 0 Å². The summed E-state index contributed by atoms with van der Waals surface area (Å²) in [5.74, 6) is 0.624. The maximum absolute atomic E-state index is 12.0. The predicted molar refractivity (Wildman–Crippen MR) is 66.8 cm³/mol. The van der Waals surface area contributed by atoms with Crippen LogP contribution in [0.5, 0.6) is 5.88 Å². The maximum Gasteiger partial charge on any atom is 0.392 e. The quantitative estimate of drug-likeness (QED) is 0.865. The number of pyridine rings is 1. The van der Waals surface area contributed by atoms with Crippen molar-refractivity contribution in [3.63, 3.8) is 0 Å². The molecule has 0 aliphatic carbocycles. The smallest absolute Gasteiger partial charge is 0.392 e. The average Bonchev–Trinajstić information content (AvgIpc) is 2.26. The van der Waals surface area contributed by atoms with Gasteiger partial charge in [-0.2, -0.15) is 13.2 Å². The van der Waals surface area contributed by atoms with Crippen molar-refractivity contribution in [3.8, 4) is 5.88 Å². The zero-order valence-corrected chi connectivity index (χ0v) is 11.1. The summed E-state index contributed by atoms with van der Waals surface area (Å²) in [6.07, 6.45) is -2.91. The third-order valence-corrected chi connectivity index (χ3v) is 2.55. The van der Waals surface area contributed by atoms with E-state index >= 15 is 0 Å². The van der Waals surface area contributed by atoms with E-state index in [2.05, 4.69) is 18.8 Å². The third kappa shape index (κ3) is 6.42. The summed E-state index contributed by atoms with van der Waals surface area (Å²) in [7, 11) is 0. The Balaban J connectivity index is 2.57. The van der Waals surface area contributed by atoms with Gasteiger partial charge >= 0.3 is 6.18 Å². The summed E-state index contributed by atoms with van der Waals surface area (Å²) >= 11 is 0. The molecule has 0 aliphatic heterocycles. The number of aromatic nitrogens is 1. The van der Waals surface area contributed by atoms with Crippen molar-refractivity contribution in [1.29, 1.82) is 0 Å². The average molecular weight is 276 g/mol. The van der Waals surface area contributed by atoms with Crippen LogP contribution in [0, 0.1) is 5.92 Å². The van der Waals surface area contributed by atoms with Crippen molar-refractivity contribution in [3.05, 3.63) is 23.9 Å². The second kappa shape index (κ2) is 6.75. The molecular weight excluding hydrogens is 257 g/mol. The molecule has 0 saturated heterocycles. The van der Waals surface area contributed by atoms with Crippen LogP contribution < -0.4 is 10.5 Å². The molecule has 1 aromatic rings. The zero-order valence-electron chi connectivity index (χ0n) is 11.1. The zero-order chi connectivity index (χ0) is 14.5. The Morgan fingerprint density at radius 3 is 2.63 bits per heavy atom. The molecule has 0 amide bonds. The number of hydrogen-bond donors (Lipinski definition) is 1. The number of hydrogen-bond acceptors (Lipinski definition) is 3. The van der Waals surface area contributed by atoms with Gasteiger partial charge in [-0.05, 0) is 24.0 Å². The van der Waals surface area contributed by atoms with Crippen molar-refractivity contribution >= 4 is 0 Å². The second-order valence-electron chi connectivity index (χ2n) is 4.88. The van der Waals surface area contributed by atoms with Crippen LogP contribution in [-0.4, -0.2) is 17.8 Å². The van der Waals surface area contributed by atoms with Crippen molar-refractivity contribution < 1.29 is 17.9 Å². The van der Waals surface area contributed by atoms with E-state index in [1.54, 1.807) is 12.1 Å². The monoisotopic (exact) mass is 276 g/mol. The molecule has 108 valence electrons. The molecule has 0 fully saturated rings. The van der Waals surface area contributed by atoms with E-state index in [1.807, 2.05) is 0 Å². The summed E-state index contributed by atoms with van der Waals surface area (Å²) in [6.45, 7) is 3.68. The van der Waals surface area contributed by atoms with E-state index in [0.29, 0.717) is 5.92 Å². The van der Waals surface area contributed by atoms with Gasteiger partial charge in [0.05, 0.1) is 13.0 Å². The van der Waals surface area contributed by atoms with Crippen LogP contribution in [0.4, 0.5) is 13.2 Å². The molecule has 2 N–H and O–H groups in total. The van der Waals surface area contributed by atoms with E-state index in [0.717, 1.165) is 12.0 Å². The molecule has 6 heteroatoms. The molecule has 1 rings (SSSR count). The van der Waals surface area contributed by atoms with Gasteiger partial charge < -0.3 is 10.5 Å². The Morgan fingerprint density at radius 2 is 2.05 bits per heavy atom. The highest BCUT2D eigenvalue weighted by atomic mass is 19.4. The first kappa shape index (κ1) is 15.8. The van der Waals surface area contributed by atoms with Crippen molar-refractivity contribution in [2.75, 3.05) is 6.61 Å². The summed E-state index contributed by atoms with van der Waals surface area (Å²) in [5, 5.41) is 0. The molecule has 1 heterocycles. The lowest BCUT2D eigenvalue weighted by Crippen LogP contribution is -2.15. The van der Waals surface area contributed by atoms with Gasteiger partial charge in [-0.3, -0.25) is 0 Å². The molecule has 1 aromatic heterocycles. The molecule has 3 nitrogen and oxygen atoms in total. The Hall–Kier alpha value is -1.30.